The molecule has 1 aliphatic rings. The number of benzene rings is 2. The van der Waals surface area contributed by atoms with Gasteiger partial charge >= 0.3 is 5.97 Å². The predicted octanol–water partition coefficient (Wildman–Crippen LogP) is 3.87. The molecule has 0 aliphatic carbocycles. The predicted molar refractivity (Wildman–Crippen MR) is 104 cm³/mol. The number of hydrogen-bond donors (Lipinski definition) is 1. The lowest BCUT2D eigenvalue weighted by atomic mass is 10.1. The van der Waals surface area contributed by atoms with Crippen molar-refractivity contribution >= 4 is 50.2 Å². The van der Waals surface area contributed by atoms with Gasteiger partial charge in [0.2, 0.25) is 5.76 Å². The first-order chi connectivity index (χ1) is 13.4. The van der Waals surface area contributed by atoms with Crippen molar-refractivity contribution in [3.8, 4) is 5.75 Å². The van der Waals surface area contributed by atoms with Gasteiger partial charge in [0, 0.05) is 21.0 Å². The van der Waals surface area contributed by atoms with Crippen molar-refractivity contribution < 1.29 is 28.3 Å². The third-order valence-electron chi connectivity index (χ3n) is 4.35. The molecule has 0 saturated carbocycles. The molecule has 3 aromatic rings. The molecule has 1 aliphatic heterocycles. The van der Waals surface area contributed by atoms with Gasteiger partial charge in [0.1, 0.15) is 11.3 Å². The van der Waals surface area contributed by atoms with Crippen molar-refractivity contribution in [3.05, 3.63) is 57.8 Å². The van der Waals surface area contributed by atoms with Gasteiger partial charge in [-0.3, -0.25) is 9.59 Å². The summed E-state index contributed by atoms with van der Waals surface area (Å²) in [6, 6.07) is 10.0. The van der Waals surface area contributed by atoms with E-state index in [9.17, 15) is 14.4 Å². The molecule has 8 heteroatoms. The molecule has 0 fully saturated rings. The number of nitrogens with one attached hydrogen (secondary N) is 1. The number of carbonyl (C=O) groups is 3. The molecular weight excluding hydrogens is 430 g/mol. The van der Waals surface area contributed by atoms with E-state index in [1.165, 1.54) is 6.07 Å². The summed E-state index contributed by atoms with van der Waals surface area (Å²) in [7, 11) is 0. The molecule has 4 rings (SSSR count). The van der Waals surface area contributed by atoms with Crippen molar-refractivity contribution in [1.82, 2.24) is 0 Å². The number of fused-ring (bicyclic) bond motifs is 2. The zero-order valence-corrected chi connectivity index (χ0v) is 16.3. The Hall–Kier alpha value is -3.13. The second-order valence-corrected chi connectivity index (χ2v) is 7.16. The molecule has 0 bridgehead atoms. The van der Waals surface area contributed by atoms with E-state index in [1.807, 2.05) is 12.1 Å². The molecule has 2 heterocycles. The van der Waals surface area contributed by atoms with E-state index in [4.69, 9.17) is 13.9 Å². The highest BCUT2D eigenvalue weighted by molar-refractivity contribution is 9.10. The van der Waals surface area contributed by atoms with E-state index in [1.54, 1.807) is 25.1 Å². The van der Waals surface area contributed by atoms with Crippen LogP contribution in [0.4, 0.5) is 5.69 Å². The lowest BCUT2D eigenvalue weighted by molar-refractivity contribution is -0.118. The Morgan fingerprint density at radius 1 is 1.21 bits per heavy atom. The SMILES string of the molecule is Cc1c(C(=O)OCC(=O)c2ccc3c(c2)NC(=O)CO3)oc2ccc(Br)cc12. The molecule has 0 saturated heterocycles. The van der Waals surface area contributed by atoms with Crippen LogP contribution in [-0.2, 0) is 9.53 Å². The number of halogens is 1. The molecule has 28 heavy (non-hydrogen) atoms. The van der Waals surface area contributed by atoms with Crippen LogP contribution in [0.5, 0.6) is 5.75 Å². The Morgan fingerprint density at radius 3 is 2.86 bits per heavy atom. The van der Waals surface area contributed by atoms with Crippen molar-refractivity contribution in [2.45, 2.75) is 6.92 Å². The van der Waals surface area contributed by atoms with E-state index in [-0.39, 0.29) is 18.3 Å². The maximum Gasteiger partial charge on any atom is 0.375 e. The summed E-state index contributed by atoms with van der Waals surface area (Å²) < 4.78 is 16.8. The number of ether oxygens (including phenoxy) is 2. The summed E-state index contributed by atoms with van der Waals surface area (Å²) in [5.74, 6) is -0.875. The molecule has 1 amide bonds. The lowest BCUT2D eigenvalue weighted by Gasteiger charge is -2.18. The molecule has 0 unspecified atom stereocenters. The van der Waals surface area contributed by atoms with Crippen LogP contribution in [0, 0.1) is 6.92 Å². The van der Waals surface area contributed by atoms with E-state index < -0.39 is 18.4 Å². The van der Waals surface area contributed by atoms with Crippen molar-refractivity contribution in [2.24, 2.45) is 0 Å². The minimum Gasteiger partial charge on any atom is -0.482 e. The molecule has 7 nitrogen and oxygen atoms in total. The van der Waals surface area contributed by atoms with Gasteiger partial charge in [0.25, 0.3) is 5.91 Å². The Balaban J connectivity index is 1.48. The summed E-state index contributed by atoms with van der Waals surface area (Å²) in [6.45, 7) is 1.24. The quantitative estimate of drug-likeness (QED) is 0.485. The second kappa shape index (κ2) is 7.12. The highest BCUT2D eigenvalue weighted by atomic mass is 79.9. The van der Waals surface area contributed by atoms with Crippen molar-refractivity contribution in [2.75, 3.05) is 18.5 Å². The number of anilines is 1. The summed E-state index contributed by atoms with van der Waals surface area (Å²) >= 11 is 3.38. The van der Waals surface area contributed by atoms with Gasteiger partial charge in [-0.2, -0.15) is 0 Å². The maximum atomic E-state index is 12.4. The molecule has 1 N–H and O–H groups in total. The van der Waals surface area contributed by atoms with Crippen molar-refractivity contribution in [3.63, 3.8) is 0 Å². The molecule has 1 aromatic heterocycles. The minimum absolute atomic E-state index is 0.0620. The second-order valence-electron chi connectivity index (χ2n) is 6.24. The van der Waals surface area contributed by atoms with Crippen LogP contribution in [0.1, 0.15) is 26.5 Å². The van der Waals surface area contributed by atoms with Gasteiger partial charge < -0.3 is 19.2 Å². The lowest BCUT2D eigenvalue weighted by Crippen LogP contribution is -2.25. The molecular formula is C20H14BrNO6. The Labute approximate surface area is 167 Å². The van der Waals surface area contributed by atoms with Crippen LogP contribution >= 0.6 is 15.9 Å². The molecule has 2 aromatic carbocycles. The van der Waals surface area contributed by atoms with E-state index in [2.05, 4.69) is 21.2 Å². The Morgan fingerprint density at radius 2 is 2.04 bits per heavy atom. The number of amides is 1. The molecule has 142 valence electrons. The fourth-order valence-electron chi connectivity index (χ4n) is 2.92. The van der Waals surface area contributed by atoms with Crippen LogP contribution in [0.25, 0.3) is 11.0 Å². The number of ketones is 1. The highest BCUT2D eigenvalue weighted by Gasteiger charge is 2.22. The summed E-state index contributed by atoms with van der Waals surface area (Å²) in [5, 5.41) is 3.42. The zero-order valence-electron chi connectivity index (χ0n) is 14.7. The standard InChI is InChI=1S/C20H14BrNO6/c1-10-13-7-12(21)3-5-16(13)28-19(10)20(25)27-8-15(23)11-2-4-17-14(6-11)22-18(24)9-26-17/h2-7H,8-9H2,1H3,(H,22,24). The van der Waals surface area contributed by atoms with Crippen LogP contribution in [0.15, 0.2) is 45.3 Å². The van der Waals surface area contributed by atoms with Gasteiger partial charge in [-0.1, -0.05) is 15.9 Å². The third-order valence-corrected chi connectivity index (χ3v) is 4.85. The number of hydrogen-bond acceptors (Lipinski definition) is 6. The summed E-state index contributed by atoms with van der Waals surface area (Å²) in [4.78, 5) is 36.2. The normalized spacial score (nSPS) is 12.9. The fraction of sp³-hybridized carbons (Fsp3) is 0.150. The largest absolute Gasteiger partial charge is 0.482 e. The maximum absolute atomic E-state index is 12.4. The number of Topliss-reactive ketones (excluding diaryl/α,β-unsaturated/α-hetero) is 1. The third kappa shape index (κ3) is 3.38. The van der Waals surface area contributed by atoms with Crippen LogP contribution in [0.2, 0.25) is 0 Å². The fourth-order valence-corrected chi connectivity index (χ4v) is 3.29. The zero-order chi connectivity index (χ0) is 19.8. The number of esters is 1. The number of rotatable bonds is 4. The minimum atomic E-state index is -0.715. The van der Waals surface area contributed by atoms with Gasteiger partial charge in [-0.05, 0) is 43.3 Å². The topological polar surface area (TPSA) is 94.8 Å². The Bertz CT molecular complexity index is 1130. The number of furan rings is 1. The van der Waals surface area contributed by atoms with E-state index in [0.717, 1.165) is 9.86 Å². The van der Waals surface area contributed by atoms with Crippen LogP contribution in [0.3, 0.4) is 0 Å². The molecule has 0 spiro atoms. The molecule has 0 atom stereocenters. The average molecular weight is 444 g/mol. The van der Waals surface area contributed by atoms with Gasteiger partial charge in [0.15, 0.2) is 19.0 Å². The smallest absolute Gasteiger partial charge is 0.375 e. The van der Waals surface area contributed by atoms with Crippen LogP contribution < -0.4 is 10.1 Å². The van der Waals surface area contributed by atoms with E-state index in [0.29, 0.717) is 28.1 Å². The first kappa shape index (κ1) is 18.2. The monoisotopic (exact) mass is 443 g/mol. The first-order valence-corrected chi connectivity index (χ1v) is 9.17. The summed E-state index contributed by atoms with van der Waals surface area (Å²) in [6.07, 6.45) is 0. The number of aryl methyl sites for hydroxylation is 1. The van der Waals surface area contributed by atoms with Gasteiger partial charge in [-0.25, -0.2) is 4.79 Å². The summed E-state index contributed by atoms with van der Waals surface area (Å²) in [5.41, 5.74) is 1.90. The van der Waals surface area contributed by atoms with Gasteiger partial charge in [0.05, 0.1) is 5.69 Å². The molecule has 0 radical (unpaired) electrons. The van der Waals surface area contributed by atoms with E-state index >= 15 is 0 Å². The van der Waals surface area contributed by atoms with Crippen molar-refractivity contribution in [1.29, 1.82) is 0 Å². The van der Waals surface area contributed by atoms with Crippen LogP contribution in [-0.4, -0.2) is 30.9 Å². The first-order valence-electron chi connectivity index (χ1n) is 8.38. The average Bonchev–Trinajstić information content (AvgIpc) is 3.01. The Kier molecular flexibility index (Phi) is 4.64. The number of carbonyl (C=O) groups excluding carboxylic acids is 3. The highest BCUT2D eigenvalue weighted by Crippen LogP contribution is 2.30. The van der Waals surface area contributed by atoms with Gasteiger partial charge in [-0.15, -0.1) is 0 Å².